The second-order valence-electron chi connectivity index (χ2n) is 7.19. The first-order valence-corrected chi connectivity index (χ1v) is 10.5. The molecule has 1 aromatic carbocycles. The van der Waals surface area contributed by atoms with Crippen molar-refractivity contribution in [2.45, 2.75) is 52.2 Å². The number of esters is 1. The van der Waals surface area contributed by atoms with Crippen molar-refractivity contribution in [3.8, 4) is 5.75 Å². The summed E-state index contributed by atoms with van der Waals surface area (Å²) in [5.41, 5.74) is 2.22. The highest BCUT2D eigenvalue weighted by Gasteiger charge is 2.24. The second kappa shape index (κ2) is 9.24. The summed E-state index contributed by atoms with van der Waals surface area (Å²) in [5.74, 6) is 0.742. The Balaban J connectivity index is 1.52. The van der Waals surface area contributed by atoms with Gasteiger partial charge in [-0.25, -0.2) is 4.79 Å². The lowest BCUT2D eigenvalue weighted by Gasteiger charge is -2.19. The van der Waals surface area contributed by atoms with Crippen LogP contribution in [0.15, 0.2) is 30.3 Å². The number of hydrogen-bond donors (Lipinski definition) is 1. The van der Waals surface area contributed by atoms with Gasteiger partial charge < -0.3 is 14.8 Å². The van der Waals surface area contributed by atoms with Crippen molar-refractivity contribution in [2.24, 2.45) is 5.92 Å². The van der Waals surface area contributed by atoms with Crippen LogP contribution in [0.2, 0.25) is 0 Å². The third-order valence-electron chi connectivity index (χ3n) is 5.24. The van der Waals surface area contributed by atoms with Crippen molar-refractivity contribution in [3.05, 3.63) is 51.2 Å². The molecule has 0 radical (unpaired) electrons. The SMILES string of the molecule is CC[C@@H]1CCc2sc(C(=O)O[C@H](C)C(=O)NCc3ccc(OC)cc3)cc2C1. The van der Waals surface area contributed by atoms with Gasteiger partial charge in [0.05, 0.1) is 7.11 Å². The van der Waals surface area contributed by atoms with E-state index in [1.165, 1.54) is 34.6 Å². The number of carbonyl (C=O) groups is 2. The Kier molecular flexibility index (Phi) is 6.73. The van der Waals surface area contributed by atoms with Gasteiger partial charge in [0.25, 0.3) is 5.91 Å². The van der Waals surface area contributed by atoms with E-state index in [1.54, 1.807) is 14.0 Å². The summed E-state index contributed by atoms with van der Waals surface area (Å²) in [6.07, 6.45) is 3.58. The minimum Gasteiger partial charge on any atom is -0.497 e. The van der Waals surface area contributed by atoms with Gasteiger partial charge in [0.2, 0.25) is 0 Å². The quantitative estimate of drug-likeness (QED) is 0.709. The molecule has 0 bridgehead atoms. The van der Waals surface area contributed by atoms with Gasteiger partial charge in [0.1, 0.15) is 10.6 Å². The lowest BCUT2D eigenvalue weighted by Crippen LogP contribution is -2.35. The maximum atomic E-state index is 12.5. The number of hydrogen-bond acceptors (Lipinski definition) is 5. The number of amides is 1. The van der Waals surface area contributed by atoms with E-state index in [9.17, 15) is 9.59 Å². The Morgan fingerprint density at radius 2 is 2.04 bits per heavy atom. The molecule has 1 aromatic heterocycles. The molecule has 1 aliphatic rings. The average Bonchev–Trinajstić information content (AvgIpc) is 3.15. The molecule has 28 heavy (non-hydrogen) atoms. The molecular weight excluding hydrogens is 374 g/mol. The maximum Gasteiger partial charge on any atom is 0.349 e. The van der Waals surface area contributed by atoms with Crippen LogP contribution in [-0.2, 0) is 28.9 Å². The fraction of sp³-hybridized carbons (Fsp3) is 0.455. The molecule has 1 amide bonds. The Hall–Kier alpha value is -2.34. The normalized spacial score (nSPS) is 16.8. The average molecular weight is 402 g/mol. The highest BCUT2D eigenvalue weighted by Crippen LogP contribution is 2.33. The Labute approximate surface area is 170 Å². The van der Waals surface area contributed by atoms with Crippen molar-refractivity contribution in [1.82, 2.24) is 5.32 Å². The topological polar surface area (TPSA) is 64.6 Å². The monoisotopic (exact) mass is 401 g/mol. The molecule has 6 heteroatoms. The van der Waals surface area contributed by atoms with Gasteiger partial charge in [-0.15, -0.1) is 11.3 Å². The van der Waals surface area contributed by atoms with Crippen molar-refractivity contribution in [1.29, 1.82) is 0 Å². The first-order chi connectivity index (χ1) is 13.5. The van der Waals surface area contributed by atoms with E-state index < -0.39 is 12.1 Å². The van der Waals surface area contributed by atoms with Gasteiger partial charge >= 0.3 is 5.97 Å². The fourth-order valence-electron chi connectivity index (χ4n) is 3.40. The molecule has 1 N–H and O–H groups in total. The van der Waals surface area contributed by atoms with Crippen LogP contribution in [0.1, 0.15) is 52.4 Å². The van der Waals surface area contributed by atoms with Gasteiger partial charge in [-0.1, -0.05) is 25.5 Å². The third kappa shape index (κ3) is 4.93. The number of ether oxygens (including phenoxy) is 2. The summed E-state index contributed by atoms with van der Waals surface area (Å²) in [6.45, 7) is 4.18. The van der Waals surface area contributed by atoms with E-state index in [2.05, 4.69) is 12.2 Å². The molecule has 2 aromatic rings. The molecule has 0 aliphatic heterocycles. The van der Waals surface area contributed by atoms with Gasteiger partial charge in [0, 0.05) is 11.4 Å². The van der Waals surface area contributed by atoms with E-state index in [0.29, 0.717) is 17.3 Å². The predicted octanol–water partition coefficient (Wildman–Crippen LogP) is 4.13. The molecule has 2 atom stereocenters. The molecule has 3 rings (SSSR count). The summed E-state index contributed by atoms with van der Waals surface area (Å²) in [4.78, 5) is 26.6. The van der Waals surface area contributed by atoms with E-state index in [0.717, 1.165) is 24.2 Å². The van der Waals surface area contributed by atoms with E-state index in [-0.39, 0.29) is 5.91 Å². The van der Waals surface area contributed by atoms with Crippen LogP contribution < -0.4 is 10.1 Å². The van der Waals surface area contributed by atoms with E-state index in [1.807, 2.05) is 30.3 Å². The van der Waals surface area contributed by atoms with Crippen LogP contribution in [0, 0.1) is 5.92 Å². The van der Waals surface area contributed by atoms with Crippen LogP contribution in [0.3, 0.4) is 0 Å². The van der Waals surface area contributed by atoms with Crippen LogP contribution in [0.5, 0.6) is 5.75 Å². The number of rotatable bonds is 7. The van der Waals surface area contributed by atoms with E-state index in [4.69, 9.17) is 9.47 Å². The molecule has 0 saturated heterocycles. The Bertz CT molecular complexity index is 828. The minimum atomic E-state index is -0.840. The Morgan fingerprint density at radius 1 is 1.29 bits per heavy atom. The van der Waals surface area contributed by atoms with E-state index >= 15 is 0 Å². The first kappa shape index (κ1) is 20.4. The molecular formula is C22H27NO4S. The molecule has 0 unspecified atom stereocenters. The second-order valence-corrected chi connectivity index (χ2v) is 8.33. The molecule has 0 fully saturated rings. The highest BCUT2D eigenvalue weighted by molar-refractivity contribution is 7.14. The molecule has 1 aliphatic carbocycles. The predicted molar refractivity (Wildman–Crippen MR) is 110 cm³/mol. The zero-order valence-corrected chi connectivity index (χ0v) is 17.4. The largest absolute Gasteiger partial charge is 0.497 e. The number of benzene rings is 1. The first-order valence-electron chi connectivity index (χ1n) is 9.73. The molecule has 1 heterocycles. The molecule has 0 saturated carbocycles. The fourth-order valence-corrected chi connectivity index (χ4v) is 4.49. The lowest BCUT2D eigenvalue weighted by molar-refractivity contribution is -0.129. The van der Waals surface area contributed by atoms with Crippen molar-refractivity contribution in [3.63, 3.8) is 0 Å². The third-order valence-corrected chi connectivity index (χ3v) is 6.46. The Morgan fingerprint density at radius 3 is 2.71 bits per heavy atom. The summed E-state index contributed by atoms with van der Waals surface area (Å²) in [7, 11) is 1.61. The standard InChI is InChI=1S/C22H27NO4S/c1-4-15-7-10-19-17(11-15)12-20(28-19)22(25)27-14(2)21(24)23-13-16-5-8-18(26-3)9-6-16/h5-6,8-9,12,14-15H,4,7,10-11,13H2,1-3H3,(H,23,24)/t14-,15-/m1/s1. The minimum absolute atomic E-state index is 0.309. The number of fused-ring (bicyclic) bond motifs is 1. The summed E-state index contributed by atoms with van der Waals surface area (Å²) >= 11 is 1.51. The number of aryl methyl sites for hydroxylation is 1. The summed E-state index contributed by atoms with van der Waals surface area (Å²) < 4.78 is 10.5. The number of carbonyl (C=O) groups excluding carboxylic acids is 2. The molecule has 150 valence electrons. The van der Waals surface area contributed by atoms with Crippen LogP contribution in [-0.4, -0.2) is 25.1 Å². The van der Waals surface area contributed by atoms with Gasteiger partial charge in [0.15, 0.2) is 6.10 Å². The molecule has 0 spiro atoms. The highest BCUT2D eigenvalue weighted by atomic mass is 32.1. The maximum absolute atomic E-state index is 12.5. The van der Waals surface area contributed by atoms with Gasteiger partial charge in [-0.05, 0) is 61.4 Å². The number of thiophene rings is 1. The zero-order valence-electron chi connectivity index (χ0n) is 16.6. The lowest BCUT2D eigenvalue weighted by atomic mass is 9.87. The van der Waals surface area contributed by atoms with Gasteiger partial charge in [-0.3, -0.25) is 4.79 Å². The summed E-state index contributed by atoms with van der Waals surface area (Å²) in [5, 5.41) is 2.80. The van der Waals surface area contributed by atoms with Crippen molar-refractivity contribution >= 4 is 23.2 Å². The van der Waals surface area contributed by atoms with Crippen LogP contribution in [0.25, 0.3) is 0 Å². The van der Waals surface area contributed by atoms with Crippen LogP contribution in [0.4, 0.5) is 0 Å². The van der Waals surface area contributed by atoms with Crippen molar-refractivity contribution in [2.75, 3.05) is 7.11 Å². The number of methoxy groups -OCH3 is 1. The van der Waals surface area contributed by atoms with Crippen molar-refractivity contribution < 1.29 is 19.1 Å². The summed E-state index contributed by atoms with van der Waals surface area (Å²) in [6, 6.07) is 9.40. The molecule has 5 nitrogen and oxygen atoms in total. The van der Waals surface area contributed by atoms with Gasteiger partial charge in [-0.2, -0.15) is 0 Å². The van der Waals surface area contributed by atoms with Crippen LogP contribution >= 0.6 is 11.3 Å². The number of nitrogens with one attached hydrogen (secondary N) is 1. The zero-order chi connectivity index (χ0) is 20.1. The smallest absolute Gasteiger partial charge is 0.349 e.